The zero-order valence-corrected chi connectivity index (χ0v) is 12.0. The van der Waals surface area contributed by atoms with E-state index in [-0.39, 0.29) is 28.2 Å². The molecule has 1 atom stereocenters. The molecule has 7 heteroatoms. The second kappa shape index (κ2) is 6.73. The zero-order valence-electron chi connectivity index (χ0n) is 10.5. The lowest BCUT2D eigenvalue weighted by Gasteiger charge is -2.16. The highest BCUT2D eigenvalue weighted by Crippen LogP contribution is 2.19. The van der Waals surface area contributed by atoms with Crippen LogP contribution in [0.3, 0.4) is 0 Å². The van der Waals surface area contributed by atoms with Crippen LogP contribution in [0.2, 0.25) is 10.2 Å². The first-order chi connectivity index (χ1) is 8.82. The van der Waals surface area contributed by atoms with Crippen LogP contribution in [0.5, 0.6) is 0 Å². The second-order valence-electron chi connectivity index (χ2n) is 4.40. The normalized spacial score (nSPS) is 12.3. The van der Waals surface area contributed by atoms with Gasteiger partial charge in [-0.3, -0.25) is 9.59 Å². The van der Waals surface area contributed by atoms with E-state index in [9.17, 15) is 9.59 Å². The maximum Gasteiger partial charge on any atom is 0.308 e. The molecule has 1 unspecified atom stereocenters. The maximum absolute atomic E-state index is 11.8. The van der Waals surface area contributed by atoms with Crippen molar-refractivity contribution in [2.24, 2.45) is 11.8 Å². The summed E-state index contributed by atoms with van der Waals surface area (Å²) >= 11 is 11.4. The summed E-state index contributed by atoms with van der Waals surface area (Å²) in [6, 6.07) is 1.39. The Morgan fingerprint density at radius 2 is 2.05 bits per heavy atom. The number of aliphatic carboxylic acids is 1. The number of hydrogen-bond donors (Lipinski definition) is 2. The molecule has 0 radical (unpaired) electrons. The summed E-state index contributed by atoms with van der Waals surface area (Å²) in [6.45, 7) is 3.61. The van der Waals surface area contributed by atoms with Crippen LogP contribution < -0.4 is 5.32 Å². The van der Waals surface area contributed by atoms with E-state index in [1.165, 1.54) is 12.3 Å². The summed E-state index contributed by atoms with van der Waals surface area (Å²) in [5, 5.41) is 11.8. The molecule has 1 rings (SSSR count). The van der Waals surface area contributed by atoms with Gasteiger partial charge in [0.1, 0.15) is 5.15 Å². The third kappa shape index (κ3) is 4.36. The Morgan fingerprint density at radius 1 is 1.42 bits per heavy atom. The summed E-state index contributed by atoms with van der Waals surface area (Å²) in [5.74, 6) is -2.09. The van der Waals surface area contributed by atoms with Gasteiger partial charge in [-0.1, -0.05) is 37.0 Å². The highest BCUT2D eigenvalue weighted by molar-refractivity contribution is 6.41. The molecular weight excluding hydrogens is 291 g/mol. The van der Waals surface area contributed by atoms with Crippen LogP contribution in [0.25, 0.3) is 0 Å². The molecule has 0 bridgehead atoms. The van der Waals surface area contributed by atoms with Gasteiger partial charge in [-0.15, -0.1) is 0 Å². The van der Waals surface area contributed by atoms with Crippen molar-refractivity contribution in [3.05, 3.63) is 28.0 Å². The number of nitrogens with zero attached hydrogens (tertiary/aromatic N) is 1. The van der Waals surface area contributed by atoms with Gasteiger partial charge in [0.15, 0.2) is 0 Å². The van der Waals surface area contributed by atoms with E-state index in [1.54, 1.807) is 13.8 Å². The summed E-state index contributed by atoms with van der Waals surface area (Å²) in [5.41, 5.74) is 0.238. The minimum Gasteiger partial charge on any atom is -0.481 e. The largest absolute Gasteiger partial charge is 0.481 e. The number of halogens is 2. The maximum atomic E-state index is 11.8. The standard InChI is InChI=1S/C12H14Cl2N2O3/c1-6(2)8(12(18)19)5-16-11(17)7-3-9(13)10(14)15-4-7/h3-4,6,8H,5H2,1-2H3,(H,16,17)(H,18,19). The van der Waals surface area contributed by atoms with E-state index in [1.807, 2.05) is 0 Å². The Hall–Kier alpha value is -1.33. The molecule has 0 aliphatic carbocycles. The van der Waals surface area contributed by atoms with Crippen LogP contribution in [0.4, 0.5) is 0 Å². The summed E-state index contributed by atoms with van der Waals surface area (Å²) in [7, 11) is 0. The summed E-state index contributed by atoms with van der Waals surface area (Å²) in [4.78, 5) is 26.6. The molecule has 0 aliphatic heterocycles. The van der Waals surface area contributed by atoms with E-state index in [0.717, 1.165) is 0 Å². The smallest absolute Gasteiger partial charge is 0.308 e. The Kier molecular flexibility index (Phi) is 5.57. The van der Waals surface area contributed by atoms with Gasteiger partial charge in [0.25, 0.3) is 5.91 Å². The summed E-state index contributed by atoms with van der Waals surface area (Å²) in [6.07, 6.45) is 1.29. The number of hydrogen-bond acceptors (Lipinski definition) is 3. The number of aromatic nitrogens is 1. The fourth-order valence-corrected chi connectivity index (χ4v) is 1.73. The zero-order chi connectivity index (χ0) is 14.6. The molecular formula is C12H14Cl2N2O3. The van der Waals surface area contributed by atoms with E-state index in [0.29, 0.717) is 0 Å². The van der Waals surface area contributed by atoms with Gasteiger partial charge in [-0.2, -0.15) is 0 Å². The van der Waals surface area contributed by atoms with Gasteiger partial charge in [0.05, 0.1) is 16.5 Å². The molecule has 104 valence electrons. The van der Waals surface area contributed by atoms with Crippen molar-refractivity contribution in [3.8, 4) is 0 Å². The van der Waals surface area contributed by atoms with Crippen molar-refractivity contribution in [1.29, 1.82) is 0 Å². The molecule has 0 saturated heterocycles. The van der Waals surface area contributed by atoms with Crippen LogP contribution in [-0.4, -0.2) is 28.5 Å². The fraction of sp³-hybridized carbons (Fsp3) is 0.417. The molecule has 2 N–H and O–H groups in total. The quantitative estimate of drug-likeness (QED) is 0.819. The Morgan fingerprint density at radius 3 is 2.53 bits per heavy atom. The predicted octanol–water partition coefficient (Wildman–Crippen LogP) is 2.47. The molecule has 1 amide bonds. The monoisotopic (exact) mass is 304 g/mol. The van der Waals surface area contributed by atoms with Crippen LogP contribution in [0, 0.1) is 11.8 Å². The fourth-order valence-electron chi connectivity index (χ4n) is 1.46. The van der Waals surface area contributed by atoms with Gasteiger partial charge in [-0.05, 0) is 12.0 Å². The Bertz CT molecular complexity index is 492. The molecule has 1 heterocycles. The van der Waals surface area contributed by atoms with Gasteiger partial charge in [0, 0.05) is 12.7 Å². The van der Waals surface area contributed by atoms with Crippen LogP contribution >= 0.6 is 23.2 Å². The lowest BCUT2D eigenvalue weighted by molar-refractivity contribution is -0.142. The van der Waals surface area contributed by atoms with E-state index in [2.05, 4.69) is 10.3 Å². The molecule has 0 spiro atoms. The number of carboxylic acid groups (broad SMARTS) is 1. The van der Waals surface area contributed by atoms with E-state index < -0.39 is 17.8 Å². The average Bonchev–Trinajstić information content (AvgIpc) is 2.31. The number of nitrogens with one attached hydrogen (secondary N) is 1. The molecule has 0 aliphatic rings. The van der Waals surface area contributed by atoms with Crippen LogP contribution in [0.15, 0.2) is 12.3 Å². The minimum atomic E-state index is -0.942. The molecule has 0 fully saturated rings. The van der Waals surface area contributed by atoms with Gasteiger partial charge in [0.2, 0.25) is 0 Å². The first-order valence-corrected chi connectivity index (χ1v) is 6.40. The van der Waals surface area contributed by atoms with E-state index >= 15 is 0 Å². The lowest BCUT2D eigenvalue weighted by Crippen LogP contribution is -2.35. The number of pyridine rings is 1. The third-order valence-electron chi connectivity index (χ3n) is 2.66. The second-order valence-corrected chi connectivity index (χ2v) is 5.16. The SMILES string of the molecule is CC(C)C(CNC(=O)c1cnc(Cl)c(Cl)c1)C(=O)O. The number of amides is 1. The Labute approximate surface area is 120 Å². The molecule has 0 aromatic carbocycles. The van der Waals surface area contributed by atoms with Gasteiger partial charge >= 0.3 is 5.97 Å². The molecule has 0 saturated carbocycles. The lowest BCUT2D eigenvalue weighted by atomic mass is 9.96. The first-order valence-electron chi connectivity index (χ1n) is 5.65. The summed E-state index contributed by atoms with van der Waals surface area (Å²) < 4.78 is 0. The van der Waals surface area contributed by atoms with Crippen LogP contribution in [-0.2, 0) is 4.79 Å². The predicted molar refractivity (Wildman–Crippen MR) is 72.6 cm³/mol. The number of carbonyl (C=O) groups is 2. The van der Waals surface area contributed by atoms with Crippen molar-refractivity contribution in [3.63, 3.8) is 0 Å². The average molecular weight is 305 g/mol. The van der Waals surface area contributed by atoms with Crippen molar-refractivity contribution in [1.82, 2.24) is 10.3 Å². The number of carbonyl (C=O) groups excluding carboxylic acids is 1. The van der Waals surface area contributed by atoms with Crippen molar-refractivity contribution in [2.45, 2.75) is 13.8 Å². The highest BCUT2D eigenvalue weighted by atomic mass is 35.5. The topological polar surface area (TPSA) is 79.3 Å². The molecule has 5 nitrogen and oxygen atoms in total. The minimum absolute atomic E-state index is 0.0477. The van der Waals surface area contributed by atoms with Gasteiger partial charge in [-0.25, -0.2) is 4.98 Å². The highest BCUT2D eigenvalue weighted by Gasteiger charge is 2.22. The van der Waals surface area contributed by atoms with Crippen molar-refractivity contribution in [2.75, 3.05) is 6.54 Å². The number of rotatable bonds is 5. The van der Waals surface area contributed by atoms with Crippen LogP contribution in [0.1, 0.15) is 24.2 Å². The Balaban J connectivity index is 2.69. The van der Waals surface area contributed by atoms with Gasteiger partial charge < -0.3 is 10.4 Å². The third-order valence-corrected chi connectivity index (χ3v) is 3.35. The molecule has 1 aromatic rings. The molecule has 19 heavy (non-hydrogen) atoms. The first kappa shape index (κ1) is 15.7. The van der Waals surface area contributed by atoms with E-state index in [4.69, 9.17) is 28.3 Å². The molecule has 1 aromatic heterocycles. The van der Waals surface area contributed by atoms with Crippen molar-refractivity contribution < 1.29 is 14.7 Å². The number of carboxylic acids is 1. The van der Waals surface area contributed by atoms with Crippen molar-refractivity contribution >= 4 is 35.1 Å².